The molecule has 2 rings (SSSR count). The van der Waals surface area contributed by atoms with Gasteiger partial charge in [-0.2, -0.15) is 0 Å². The highest BCUT2D eigenvalue weighted by molar-refractivity contribution is 7.99. The Balaban J connectivity index is 2.05. The van der Waals surface area contributed by atoms with E-state index in [2.05, 4.69) is 0 Å². The molecule has 4 heteroatoms. The van der Waals surface area contributed by atoms with Gasteiger partial charge in [-0.3, -0.25) is 0 Å². The van der Waals surface area contributed by atoms with Crippen molar-refractivity contribution in [1.82, 2.24) is 0 Å². The zero-order valence-corrected chi connectivity index (χ0v) is 12.1. The topological polar surface area (TPSA) is 26.0 Å². The zero-order valence-electron chi connectivity index (χ0n) is 10.6. The minimum absolute atomic E-state index is 0.195. The molecule has 0 bridgehead atoms. The van der Waals surface area contributed by atoms with Gasteiger partial charge in [0.2, 0.25) is 0 Å². The second kappa shape index (κ2) is 6.42. The van der Waals surface area contributed by atoms with Crippen LogP contribution in [0.25, 0.3) is 0 Å². The Morgan fingerprint density at radius 2 is 2.05 bits per heavy atom. The van der Waals surface area contributed by atoms with Gasteiger partial charge in [-0.1, -0.05) is 23.7 Å². The Morgan fingerprint density at radius 3 is 2.79 bits per heavy atom. The fourth-order valence-electron chi connectivity index (χ4n) is 1.84. The molecule has 100 valence electrons. The van der Waals surface area contributed by atoms with Crippen LogP contribution in [0, 0.1) is 12.7 Å². The van der Waals surface area contributed by atoms with E-state index in [-0.39, 0.29) is 11.9 Å². The van der Waals surface area contributed by atoms with Gasteiger partial charge in [0, 0.05) is 21.7 Å². The van der Waals surface area contributed by atoms with Crippen LogP contribution in [-0.4, -0.2) is 5.75 Å². The number of nitrogens with two attached hydrogens (primary N) is 1. The molecule has 0 saturated heterocycles. The smallest absolute Gasteiger partial charge is 0.123 e. The molecule has 0 aliphatic carbocycles. The van der Waals surface area contributed by atoms with Crippen LogP contribution in [0.1, 0.15) is 17.2 Å². The first-order valence-corrected chi connectivity index (χ1v) is 7.32. The molecule has 0 fully saturated rings. The summed E-state index contributed by atoms with van der Waals surface area (Å²) >= 11 is 7.55. The van der Waals surface area contributed by atoms with Crippen LogP contribution < -0.4 is 5.73 Å². The predicted molar refractivity (Wildman–Crippen MR) is 80.2 cm³/mol. The van der Waals surface area contributed by atoms with E-state index in [0.717, 1.165) is 16.0 Å². The van der Waals surface area contributed by atoms with Crippen LogP contribution in [0.5, 0.6) is 0 Å². The van der Waals surface area contributed by atoms with Crippen molar-refractivity contribution in [3.8, 4) is 0 Å². The number of thioether (sulfide) groups is 1. The maximum absolute atomic E-state index is 13.2. The maximum Gasteiger partial charge on any atom is 0.123 e. The Kier molecular flexibility index (Phi) is 4.86. The molecule has 19 heavy (non-hydrogen) atoms. The van der Waals surface area contributed by atoms with Gasteiger partial charge in [-0.25, -0.2) is 4.39 Å². The summed E-state index contributed by atoms with van der Waals surface area (Å²) in [4.78, 5) is 1.07. The van der Waals surface area contributed by atoms with Crippen molar-refractivity contribution in [3.05, 3.63) is 64.4 Å². The molecule has 0 amide bonds. The summed E-state index contributed by atoms with van der Waals surface area (Å²) in [5.74, 6) is 0.439. The van der Waals surface area contributed by atoms with Crippen molar-refractivity contribution in [1.29, 1.82) is 0 Å². The van der Waals surface area contributed by atoms with E-state index in [9.17, 15) is 4.39 Å². The lowest BCUT2D eigenvalue weighted by Gasteiger charge is -2.14. The monoisotopic (exact) mass is 295 g/mol. The Bertz CT molecular complexity index is 574. The summed E-state index contributed by atoms with van der Waals surface area (Å²) in [5.41, 5.74) is 8.00. The normalized spacial score (nSPS) is 12.4. The third kappa shape index (κ3) is 3.96. The Hall–Kier alpha value is -1.03. The quantitative estimate of drug-likeness (QED) is 0.836. The molecular formula is C15H15ClFNS. The minimum Gasteiger partial charge on any atom is -0.323 e. The first kappa shape index (κ1) is 14.4. The molecule has 2 N–H and O–H groups in total. The van der Waals surface area contributed by atoms with E-state index in [0.29, 0.717) is 10.8 Å². The fourth-order valence-corrected chi connectivity index (χ4v) is 3.04. The maximum atomic E-state index is 13.2. The van der Waals surface area contributed by atoms with Crippen LogP contribution in [0.4, 0.5) is 4.39 Å². The van der Waals surface area contributed by atoms with Gasteiger partial charge < -0.3 is 5.73 Å². The molecule has 0 aliphatic heterocycles. The molecule has 1 nitrogen and oxygen atoms in total. The number of benzene rings is 2. The second-order valence-electron chi connectivity index (χ2n) is 4.38. The molecule has 0 saturated carbocycles. The molecular weight excluding hydrogens is 281 g/mol. The van der Waals surface area contributed by atoms with Crippen LogP contribution >= 0.6 is 23.4 Å². The standard InChI is InChI=1S/C15H15ClFNS/c1-10-5-6-12(17)8-14(10)15(18)9-19-13-4-2-3-11(16)7-13/h2-8,15H,9,18H2,1H3. The van der Waals surface area contributed by atoms with Gasteiger partial charge in [0.15, 0.2) is 0 Å². The number of rotatable bonds is 4. The molecule has 0 spiro atoms. The van der Waals surface area contributed by atoms with E-state index < -0.39 is 0 Å². The van der Waals surface area contributed by atoms with Crippen LogP contribution in [0.3, 0.4) is 0 Å². The van der Waals surface area contributed by atoms with Crippen LogP contribution in [-0.2, 0) is 0 Å². The molecule has 0 radical (unpaired) electrons. The van der Waals surface area contributed by atoms with Crippen molar-refractivity contribution in [2.75, 3.05) is 5.75 Å². The number of halogens is 2. The van der Waals surface area contributed by atoms with Crippen molar-refractivity contribution >= 4 is 23.4 Å². The number of hydrogen-bond acceptors (Lipinski definition) is 2. The van der Waals surface area contributed by atoms with Crippen molar-refractivity contribution in [2.45, 2.75) is 17.9 Å². The van der Waals surface area contributed by atoms with Gasteiger partial charge >= 0.3 is 0 Å². The Labute approximate surface area is 122 Å². The summed E-state index contributed by atoms with van der Waals surface area (Å²) < 4.78 is 13.2. The summed E-state index contributed by atoms with van der Waals surface area (Å²) in [6.07, 6.45) is 0. The third-order valence-corrected chi connectivity index (χ3v) is 4.21. The van der Waals surface area contributed by atoms with E-state index in [1.807, 2.05) is 31.2 Å². The largest absolute Gasteiger partial charge is 0.323 e. The van der Waals surface area contributed by atoms with E-state index in [4.69, 9.17) is 17.3 Å². The van der Waals surface area contributed by atoms with Gasteiger partial charge in [-0.05, 0) is 48.4 Å². The van der Waals surface area contributed by atoms with Gasteiger partial charge in [-0.15, -0.1) is 11.8 Å². The summed E-state index contributed by atoms with van der Waals surface area (Å²) in [5, 5.41) is 0.709. The highest BCUT2D eigenvalue weighted by atomic mass is 35.5. The second-order valence-corrected chi connectivity index (χ2v) is 5.91. The lowest BCUT2D eigenvalue weighted by Crippen LogP contribution is -2.14. The summed E-state index contributed by atoms with van der Waals surface area (Å²) in [6.45, 7) is 1.94. The van der Waals surface area contributed by atoms with Crippen molar-refractivity contribution in [3.63, 3.8) is 0 Å². The summed E-state index contributed by atoms with van der Waals surface area (Å²) in [6, 6.07) is 12.2. The lowest BCUT2D eigenvalue weighted by molar-refractivity contribution is 0.621. The minimum atomic E-state index is -0.246. The first-order chi connectivity index (χ1) is 9.06. The average Bonchev–Trinajstić information content (AvgIpc) is 2.39. The van der Waals surface area contributed by atoms with Gasteiger partial charge in [0.1, 0.15) is 5.82 Å². The molecule has 0 heterocycles. The van der Waals surface area contributed by atoms with Crippen molar-refractivity contribution in [2.24, 2.45) is 5.73 Å². The van der Waals surface area contributed by atoms with Crippen LogP contribution in [0.2, 0.25) is 5.02 Å². The highest BCUT2D eigenvalue weighted by Gasteiger charge is 2.10. The average molecular weight is 296 g/mol. The van der Waals surface area contributed by atoms with E-state index in [1.165, 1.54) is 12.1 Å². The van der Waals surface area contributed by atoms with Gasteiger partial charge in [0.05, 0.1) is 0 Å². The molecule has 0 aliphatic rings. The molecule has 1 atom stereocenters. The third-order valence-electron chi connectivity index (χ3n) is 2.87. The van der Waals surface area contributed by atoms with E-state index >= 15 is 0 Å². The first-order valence-electron chi connectivity index (χ1n) is 5.96. The van der Waals surface area contributed by atoms with E-state index in [1.54, 1.807) is 17.8 Å². The lowest BCUT2D eigenvalue weighted by atomic mass is 10.0. The molecule has 1 unspecified atom stereocenters. The fraction of sp³-hybridized carbons (Fsp3) is 0.200. The van der Waals surface area contributed by atoms with Crippen molar-refractivity contribution < 1.29 is 4.39 Å². The number of aryl methyl sites for hydroxylation is 1. The zero-order chi connectivity index (χ0) is 13.8. The highest BCUT2D eigenvalue weighted by Crippen LogP contribution is 2.27. The molecule has 0 aromatic heterocycles. The predicted octanol–water partition coefficient (Wildman–Crippen LogP) is 4.58. The molecule has 2 aromatic carbocycles. The van der Waals surface area contributed by atoms with Crippen LogP contribution in [0.15, 0.2) is 47.4 Å². The number of hydrogen-bond donors (Lipinski definition) is 1. The van der Waals surface area contributed by atoms with Gasteiger partial charge in [0.25, 0.3) is 0 Å². The SMILES string of the molecule is Cc1ccc(F)cc1C(N)CSc1cccc(Cl)c1. The Morgan fingerprint density at radius 1 is 1.26 bits per heavy atom. The summed E-state index contributed by atoms with van der Waals surface area (Å²) in [7, 11) is 0. The molecule has 2 aromatic rings.